The molecule has 21 heavy (non-hydrogen) atoms. The maximum Gasteiger partial charge on any atom is 0.315 e. The minimum absolute atomic E-state index is 0.236. The summed E-state index contributed by atoms with van der Waals surface area (Å²) >= 11 is 4.43. The average Bonchev–Trinajstić information content (AvgIpc) is 2.41. The first-order valence-electron chi connectivity index (χ1n) is 6.97. The lowest BCUT2D eigenvalue weighted by atomic mass is 9.93. The Hall–Kier alpha value is -1.74. The molecule has 0 unspecified atom stereocenters. The first-order valence-corrected chi connectivity index (χ1v) is 7.42. The summed E-state index contributed by atoms with van der Waals surface area (Å²) in [6.45, 7) is 3.57. The molecule has 0 aliphatic heterocycles. The summed E-state index contributed by atoms with van der Waals surface area (Å²) in [7, 11) is 0. The number of rotatable bonds is 5. The van der Waals surface area contributed by atoms with E-state index in [9.17, 15) is 14.9 Å². The van der Waals surface area contributed by atoms with E-state index in [1.165, 1.54) is 0 Å². The summed E-state index contributed by atoms with van der Waals surface area (Å²) in [6.07, 6.45) is 3.36. The van der Waals surface area contributed by atoms with Gasteiger partial charge in [-0.15, -0.1) is 12.6 Å². The fourth-order valence-electron chi connectivity index (χ4n) is 2.20. The Labute approximate surface area is 130 Å². The van der Waals surface area contributed by atoms with Gasteiger partial charge in [-0.1, -0.05) is 0 Å². The number of allylic oxidation sites excluding steroid dienone is 4. The predicted octanol–water partition coefficient (Wildman–Crippen LogP) is 2.61. The first kappa shape index (κ1) is 17.3. The van der Waals surface area contributed by atoms with Gasteiger partial charge >= 0.3 is 5.97 Å². The highest BCUT2D eigenvalue weighted by Crippen LogP contribution is 2.32. The number of amides is 1. The van der Waals surface area contributed by atoms with Crippen LogP contribution in [-0.2, 0) is 14.3 Å². The van der Waals surface area contributed by atoms with Crippen LogP contribution in [0, 0.1) is 11.3 Å². The van der Waals surface area contributed by atoms with E-state index >= 15 is 0 Å². The van der Waals surface area contributed by atoms with Gasteiger partial charge in [0.2, 0.25) is 5.91 Å². The van der Waals surface area contributed by atoms with Gasteiger partial charge in [-0.25, -0.2) is 0 Å². The molecule has 0 aromatic carbocycles. The highest BCUT2D eigenvalue weighted by Gasteiger charge is 2.18. The van der Waals surface area contributed by atoms with Gasteiger partial charge in [0.1, 0.15) is 12.5 Å². The van der Waals surface area contributed by atoms with Crippen molar-refractivity contribution in [3.63, 3.8) is 0 Å². The molecule has 1 aliphatic carbocycles. The van der Waals surface area contributed by atoms with Crippen molar-refractivity contribution < 1.29 is 14.3 Å². The van der Waals surface area contributed by atoms with Gasteiger partial charge in [0.05, 0.1) is 12.2 Å². The van der Waals surface area contributed by atoms with E-state index < -0.39 is 11.9 Å². The van der Waals surface area contributed by atoms with Crippen molar-refractivity contribution in [1.29, 1.82) is 5.26 Å². The number of nitriles is 1. The van der Waals surface area contributed by atoms with Gasteiger partial charge in [0, 0.05) is 5.70 Å². The standard InChI is InChI=1S/C15H20N2O3S/c1-3-20-15(19)8-14(18)17-10(2)12(9-16)11-6-4-5-7-13(11)21/h21H,3-8H2,1-2H3,(H,17,18)/b12-10+. The zero-order valence-corrected chi connectivity index (χ0v) is 13.3. The summed E-state index contributed by atoms with van der Waals surface area (Å²) in [5, 5.41) is 11.9. The Balaban J connectivity index is 2.82. The van der Waals surface area contributed by atoms with E-state index in [1.807, 2.05) is 0 Å². The minimum atomic E-state index is -0.576. The molecule has 1 aliphatic rings. The van der Waals surface area contributed by atoms with Crippen molar-refractivity contribution in [3.05, 3.63) is 21.7 Å². The molecule has 0 saturated carbocycles. The van der Waals surface area contributed by atoms with Crippen LogP contribution >= 0.6 is 12.6 Å². The van der Waals surface area contributed by atoms with Crippen molar-refractivity contribution in [1.82, 2.24) is 5.32 Å². The Morgan fingerprint density at radius 3 is 2.62 bits per heavy atom. The summed E-state index contributed by atoms with van der Waals surface area (Å²) in [5.74, 6) is -1.05. The van der Waals surface area contributed by atoms with Crippen LogP contribution in [0.3, 0.4) is 0 Å². The van der Waals surface area contributed by atoms with E-state index in [0.717, 1.165) is 36.2 Å². The normalized spacial score (nSPS) is 15.9. The van der Waals surface area contributed by atoms with Crippen molar-refractivity contribution >= 4 is 24.5 Å². The number of nitrogens with zero attached hydrogens (tertiary/aromatic N) is 1. The zero-order chi connectivity index (χ0) is 15.8. The molecule has 0 radical (unpaired) electrons. The quantitative estimate of drug-likeness (QED) is 0.354. The number of carbonyl (C=O) groups is 2. The Kier molecular flexibility index (Phi) is 7.03. The smallest absolute Gasteiger partial charge is 0.315 e. The van der Waals surface area contributed by atoms with Crippen LogP contribution in [-0.4, -0.2) is 18.5 Å². The first-order chi connectivity index (χ1) is 9.99. The second kappa shape index (κ2) is 8.53. The number of esters is 1. The van der Waals surface area contributed by atoms with E-state index in [4.69, 9.17) is 4.74 Å². The second-order valence-electron chi connectivity index (χ2n) is 4.77. The third-order valence-corrected chi connectivity index (χ3v) is 3.66. The second-order valence-corrected chi connectivity index (χ2v) is 5.31. The van der Waals surface area contributed by atoms with Gasteiger partial charge in [0.15, 0.2) is 0 Å². The maximum atomic E-state index is 11.7. The van der Waals surface area contributed by atoms with E-state index in [2.05, 4.69) is 24.0 Å². The Morgan fingerprint density at radius 1 is 1.38 bits per heavy atom. The summed E-state index contributed by atoms with van der Waals surface area (Å²) in [5.41, 5.74) is 1.79. The van der Waals surface area contributed by atoms with Crippen LogP contribution in [0.2, 0.25) is 0 Å². The third kappa shape index (κ3) is 5.27. The van der Waals surface area contributed by atoms with Gasteiger partial charge in [-0.3, -0.25) is 9.59 Å². The Morgan fingerprint density at radius 2 is 2.05 bits per heavy atom. The molecule has 1 rings (SSSR count). The van der Waals surface area contributed by atoms with Crippen LogP contribution < -0.4 is 5.32 Å². The molecule has 0 saturated heterocycles. The number of thiol groups is 1. The molecule has 6 heteroatoms. The molecule has 0 heterocycles. The van der Waals surface area contributed by atoms with Crippen LogP contribution in [0.1, 0.15) is 46.0 Å². The van der Waals surface area contributed by atoms with Gasteiger partial charge in [-0.2, -0.15) is 5.26 Å². The summed E-state index contributed by atoms with van der Waals surface area (Å²) < 4.78 is 4.71. The molecule has 0 spiro atoms. The van der Waals surface area contributed by atoms with Gasteiger partial charge in [0.25, 0.3) is 0 Å². The molecule has 0 fully saturated rings. The van der Waals surface area contributed by atoms with Crippen molar-refractivity contribution in [2.75, 3.05) is 6.61 Å². The number of hydrogen-bond donors (Lipinski definition) is 2. The number of carbonyl (C=O) groups excluding carboxylic acids is 2. The summed E-state index contributed by atoms with van der Waals surface area (Å²) in [4.78, 5) is 23.9. The number of hydrogen-bond acceptors (Lipinski definition) is 5. The van der Waals surface area contributed by atoms with E-state index in [0.29, 0.717) is 11.3 Å². The van der Waals surface area contributed by atoms with Crippen LogP contribution in [0.15, 0.2) is 21.7 Å². The molecule has 5 nitrogen and oxygen atoms in total. The lowest BCUT2D eigenvalue weighted by Crippen LogP contribution is -2.26. The highest BCUT2D eigenvalue weighted by molar-refractivity contribution is 7.84. The van der Waals surface area contributed by atoms with Gasteiger partial charge < -0.3 is 10.1 Å². The largest absolute Gasteiger partial charge is 0.466 e. The van der Waals surface area contributed by atoms with Crippen LogP contribution in [0.4, 0.5) is 0 Å². The Bertz CT molecular complexity index is 530. The van der Waals surface area contributed by atoms with Crippen molar-refractivity contribution in [3.8, 4) is 6.07 Å². The third-order valence-electron chi connectivity index (χ3n) is 3.16. The molecule has 0 aromatic rings. The highest BCUT2D eigenvalue weighted by atomic mass is 32.1. The SMILES string of the molecule is CCOC(=O)CC(=O)N/C(C)=C(\C#N)C1=C(S)CCCC1. The molecule has 1 N–H and O–H groups in total. The monoisotopic (exact) mass is 308 g/mol. The van der Waals surface area contributed by atoms with Gasteiger partial charge in [-0.05, 0) is 50.0 Å². The number of nitrogens with one attached hydrogen (secondary N) is 1. The maximum absolute atomic E-state index is 11.7. The molecule has 0 bridgehead atoms. The molecule has 0 aromatic heterocycles. The van der Waals surface area contributed by atoms with Crippen molar-refractivity contribution in [2.45, 2.75) is 46.0 Å². The van der Waals surface area contributed by atoms with E-state index in [1.54, 1.807) is 13.8 Å². The van der Waals surface area contributed by atoms with E-state index in [-0.39, 0.29) is 13.0 Å². The van der Waals surface area contributed by atoms with Crippen LogP contribution in [0.25, 0.3) is 0 Å². The number of ether oxygens (including phenoxy) is 1. The lowest BCUT2D eigenvalue weighted by molar-refractivity contribution is -0.145. The topological polar surface area (TPSA) is 79.2 Å². The van der Waals surface area contributed by atoms with Crippen LogP contribution in [0.5, 0.6) is 0 Å². The average molecular weight is 308 g/mol. The predicted molar refractivity (Wildman–Crippen MR) is 82.2 cm³/mol. The molecule has 1 amide bonds. The molecular weight excluding hydrogens is 288 g/mol. The minimum Gasteiger partial charge on any atom is -0.466 e. The molecule has 114 valence electrons. The fraction of sp³-hybridized carbons (Fsp3) is 0.533. The molecular formula is C15H20N2O3S. The fourth-order valence-corrected chi connectivity index (χ4v) is 2.58. The molecule has 0 atom stereocenters. The summed E-state index contributed by atoms with van der Waals surface area (Å²) in [6, 6.07) is 2.13. The van der Waals surface area contributed by atoms with Crippen molar-refractivity contribution in [2.24, 2.45) is 0 Å². The zero-order valence-electron chi connectivity index (χ0n) is 12.4. The lowest BCUT2D eigenvalue weighted by Gasteiger charge is -2.18.